The van der Waals surface area contributed by atoms with Gasteiger partial charge in [-0.05, 0) is 42.3 Å². The first-order valence-electron chi connectivity index (χ1n) is 9.25. The fourth-order valence-electron chi connectivity index (χ4n) is 2.59. The lowest BCUT2D eigenvalue weighted by atomic mass is 10.1. The topological polar surface area (TPSA) is 77.2 Å². The lowest BCUT2D eigenvalue weighted by molar-refractivity contribution is 0.102. The number of ether oxygens (including phenoxy) is 1. The van der Waals surface area contributed by atoms with Gasteiger partial charge in [0.25, 0.3) is 5.91 Å². The maximum absolute atomic E-state index is 13.0. The Morgan fingerprint density at radius 3 is 2.75 bits per heavy atom. The van der Waals surface area contributed by atoms with Crippen molar-refractivity contribution in [3.05, 3.63) is 71.4 Å². The molecule has 0 aliphatic heterocycles. The Hall–Kier alpha value is -3.22. The highest BCUT2D eigenvalue weighted by molar-refractivity contribution is 6.03. The van der Waals surface area contributed by atoms with Crippen molar-refractivity contribution in [2.24, 2.45) is 0 Å². The van der Waals surface area contributed by atoms with E-state index in [0.29, 0.717) is 30.2 Å². The number of aromatic nitrogens is 2. The largest absolute Gasteiger partial charge is 0.494 e. The minimum atomic E-state index is -0.365. The summed E-state index contributed by atoms with van der Waals surface area (Å²) in [6.45, 7) is 2.75. The molecule has 28 heavy (non-hydrogen) atoms. The fraction of sp³-hybridized carbons (Fsp3) is 0.286. The molecule has 146 valence electrons. The van der Waals surface area contributed by atoms with E-state index in [2.05, 4.69) is 22.4 Å². The first kappa shape index (κ1) is 19.5. The molecule has 7 heteroatoms. The molecule has 2 aromatic carbocycles. The number of amides is 1. The number of hydrogen-bond acceptors (Lipinski definition) is 5. The lowest BCUT2D eigenvalue weighted by Gasteiger charge is -2.07. The lowest BCUT2D eigenvalue weighted by Crippen LogP contribution is -2.12. The van der Waals surface area contributed by atoms with E-state index < -0.39 is 0 Å². The first-order valence-corrected chi connectivity index (χ1v) is 9.25. The molecule has 3 aromatic rings. The minimum Gasteiger partial charge on any atom is -0.494 e. The number of anilines is 1. The van der Waals surface area contributed by atoms with Crippen LogP contribution in [-0.4, -0.2) is 22.7 Å². The number of rotatable bonds is 9. The Morgan fingerprint density at radius 1 is 1.14 bits per heavy atom. The number of unbranched alkanes of at least 4 members (excludes halogenated alkanes) is 2. The second kappa shape index (κ2) is 9.64. The van der Waals surface area contributed by atoms with Crippen molar-refractivity contribution in [1.29, 1.82) is 0 Å². The number of carbonyl (C=O) groups is 1. The Bertz CT molecular complexity index is 909. The van der Waals surface area contributed by atoms with E-state index in [9.17, 15) is 9.18 Å². The Balaban J connectivity index is 1.57. The van der Waals surface area contributed by atoms with Crippen molar-refractivity contribution in [3.8, 4) is 5.75 Å². The summed E-state index contributed by atoms with van der Waals surface area (Å²) >= 11 is 0. The van der Waals surface area contributed by atoms with E-state index in [1.165, 1.54) is 12.1 Å². The second-order valence-corrected chi connectivity index (χ2v) is 6.34. The van der Waals surface area contributed by atoms with Crippen molar-refractivity contribution >= 4 is 11.9 Å². The van der Waals surface area contributed by atoms with E-state index >= 15 is 0 Å². The Labute approximate surface area is 162 Å². The van der Waals surface area contributed by atoms with Crippen LogP contribution in [0.15, 0.2) is 52.9 Å². The van der Waals surface area contributed by atoms with Gasteiger partial charge in [-0.15, -0.1) is 5.10 Å². The summed E-state index contributed by atoms with van der Waals surface area (Å²) in [5, 5.41) is 10.3. The quantitative estimate of drug-likeness (QED) is 0.546. The predicted molar refractivity (Wildman–Crippen MR) is 103 cm³/mol. The summed E-state index contributed by atoms with van der Waals surface area (Å²) in [4.78, 5) is 12.4. The van der Waals surface area contributed by atoms with Crippen LogP contribution in [0.1, 0.15) is 48.0 Å². The maximum atomic E-state index is 13.0. The molecular formula is C21H22FN3O3. The van der Waals surface area contributed by atoms with Crippen LogP contribution in [0.2, 0.25) is 0 Å². The molecule has 0 spiro atoms. The van der Waals surface area contributed by atoms with E-state index in [-0.39, 0.29) is 17.7 Å². The van der Waals surface area contributed by atoms with Crippen molar-refractivity contribution < 1.29 is 18.3 Å². The highest BCUT2D eigenvalue weighted by atomic mass is 19.1. The summed E-state index contributed by atoms with van der Waals surface area (Å²) in [5.41, 5.74) is 1.27. The molecule has 1 heterocycles. The van der Waals surface area contributed by atoms with Gasteiger partial charge in [0.1, 0.15) is 11.6 Å². The monoisotopic (exact) mass is 383 g/mol. The van der Waals surface area contributed by atoms with Crippen LogP contribution in [-0.2, 0) is 6.42 Å². The van der Waals surface area contributed by atoms with Crippen LogP contribution in [0.3, 0.4) is 0 Å². The Kier molecular flexibility index (Phi) is 6.73. The third-order valence-corrected chi connectivity index (χ3v) is 4.07. The van der Waals surface area contributed by atoms with Crippen molar-refractivity contribution in [1.82, 2.24) is 10.2 Å². The standard InChI is InChI=1S/C21H22FN3O3/c1-2-3-4-12-27-18-7-5-6-16(14-18)20(26)23-21-25-24-19(28-21)13-15-8-10-17(22)11-9-15/h5-11,14H,2-4,12-13H2,1H3,(H,23,25,26). The summed E-state index contributed by atoms with van der Waals surface area (Å²) in [7, 11) is 0. The van der Waals surface area contributed by atoms with E-state index in [1.54, 1.807) is 30.3 Å². The van der Waals surface area contributed by atoms with Crippen LogP contribution in [0.4, 0.5) is 10.4 Å². The number of nitrogens with zero attached hydrogens (tertiary/aromatic N) is 2. The van der Waals surface area contributed by atoms with Crippen LogP contribution in [0.25, 0.3) is 0 Å². The third kappa shape index (κ3) is 5.64. The van der Waals surface area contributed by atoms with Gasteiger partial charge < -0.3 is 9.15 Å². The minimum absolute atomic E-state index is 0.0105. The molecule has 0 aliphatic rings. The molecule has 0 bridgehead atoms. The van der Waals surface area contributed by atoms with Gasteiger partial charge in [-0.1, -0.05) is 43.1 Å². The van der Waals surface area contributed by atoms with Gasteiger partial charge in [0.05, 0.1) is 13.0 Å². The molecule has 0 radical (unpaired) electrons. The molecule has 0 saturated carbocycles. The number of halogens is 1. The SMILES string of the molecule is CCCCCOc1cccc(C(=O)Nc2nnc(Cc3ccc(F)cc3)o2)c1. The summed E-state index contributed by atoms with van der Waals surface area (Å²) in [6, 6.07) is 13.0. The van der Waals surface area contributed by atoms with Gasteiger partial charge in [-0.2, -0.15) is 0 Å². The molecule has 0 aliphatic carbocycles. The Morgan fingerprint density at radius 2 is 1.96 bits per heavy atom. The molecule has 0 saturated heterocycles. The van der Waals surface area contributed by atoms with Crippen LogP contribution in [0, 0.1) is 5.82 Å². The van der Waals surface area contributed by atoms with Crippen molar-refractivity contribution in [3.63, 3.8) is 0 Å². The molecule has 0 fully saturated rings. The normalized spacial score (nSPS) is 10.6. The average Bonchev–Trinajstić information content (AvgIpc) is 3.14. The van der Waals surface area contributed by atoms with Gasteiger partial charge in [0.2, 0.25) is 5.89 Å². The van der Waals surface area contributed by atoms with Crippen molar-refractivity contribution in [2.75, 3.05) is 11.9 Å². The fourth-order valence-corrected chi connectivity index (χ4v) is 2.59. The molecule has 1 aromatic heterocycles. The predicted octanol–water partition coefficient (Wildman–Crippen LogP) is 4.62. The second-order valence-electron chi connectivity index (χ2n) is 6.34. The summed E-state index contributed by atoms with van der Waals surface area (Å²) < 4.78 is 24.1. The van der Waals surface area contributed by atoms with Gasteiger partial charge in [-0.3, -0.25) is 10.1 Å². The van der Waals surface area contributed by atoms with E-state index in [4.69, 9.17) is 9.15 Å². The zero-order valence-corrected chi connectivity index (χ0v) is 15.7. The zero-order valence-electron chi connectivity index (χ0n) is 15.7. The molecule has 6 nitrogen and oxygen atoms in total. The van der Waals surface area contributed by atoms with Crippen LogP contribution in [0.5, 0.6) is 5.75 Å². The average molecular weight is 383 g/mol. The van der Waals surface area contributed by atoms with Gasteiger partial charge in [0.15, 0.2) is 0 Å². The molecule has 0 atom stereocenters. The van der Waals surface area contributed by atoms with Gasteiger partial charge in [0, 0.05) is 5.56 Å². The summed E-state index contributed by atoms with van der Waals surface area (Å²) in [5.74, 6) is 0.302. The van der Waals surface area contributed by atoms with Gasteiger partial charge >= 0.3 is 6.01 Å². The number of nitrogens with one attached hydrogen (secondary N) is 1. The van der Waals surface area contributed by atoms with Crippen LogP contribution >= 0.6 is 0 Å². The van der Waals surface area contributed by atoms with Crippen LogP contribution < -0.4 is 10.1 Å². The zero-order chi connectivity index (χ0) is 19.8. The molecular weight excluding hydrogens is 361 g/mol. The maximum Gasteiger partial charge on any atom is 0.322 e. The highest BCUT2D eigenvalue weighted by Crippen LogP contribution is 2.16. The molecule has 3 rings (SSSR count). The first-order chi connectivity index (χ1) is 13.6. The van der Waals surface area contributed by atoms with Crippen molar-refractivity contribution in [2.45, 2.75) is 32.6 Å². The highest BCUT2D eigenvalue weighted by Gasteiger charge is 2.13. The van der Waals surface area contributed by atoms with Gasteiger partial charge in [-0.25, -0.2) is 4.39 Å². The number of benzene rings is 2. The molecule has 1 amide bonds. The number of hydrogen-bond donors (Lipinski definition) is 1. The summed E-state index contributed by atoms with van der Waals surface area (Å²) in [6.07, 6.45) is 3.56. The molecule has 1 N–H and O–H groups in total. The molecule has 0 unspecified atom stereocenters. The smallest absolute Gasteiger partial charge is 0.322 e. The number of carbonyl (C=O) groups excluding carboxylic acids is 1. The van der Waals surface area contributed by atoms with E-state index in [1.807, 2.05) is 6.07 Å². The van der Waals surface area contributed by atoms with E-state index in [0.717, 1.165) is 24.8 Å². The third-order valence-electron chi connectivity index (χ3n) is 4.07.